The summed E-state index contributed by atoms with van der Waals surface area (Å²) in [6.07, 6.45) is 0. The summed E-state index contributed by atoms with van der Waals surface area (Å²) in [5.41, 5.74) is 4.81. The molecule has 0 aliphatic rings. The number of hydrogen-bond donors (Lipinski definition) is 1. The van der Waals surface area contributed by atoms with Crippen molar-refractivity contribution in [2.45, 2.75) is 53.6 Å². The minimum atomic E-state index is 0.420. The van der Waals surface area contributed by atoms with Crippen LogP contribution < -0.4 is 10.2 Å². The Morgan fingerprint density at radius 2 is 1.84 bits per heavy atom. The van der Waals surface area contributed by atoms with E-state index in [-0.39, 0.29) is 0 Å². The predicted octanol–water partition coefficient (Wildman–Crippen LogP) is 2.85. The van der Waals surface area contributed by atoms with E-state index in [9.17, 15) is 0 Å². The first kappa shape index (κ1) is 19.5. The lowest BCUT2D eigenvalue weighted by molar-refractivity contribution is 0.415. The van der Waals surface area contributed by atoms with Gasteiger partial charge in [0, 0.05) is 45.5 Å². The number of anilines is 1. The van der Waals surface area contributed by atoms with Crippen LogP contribution in [0, 0.1) is 19.8 Å². The van der Waals surface area contributed by atoms with Crippen LogP contribution >= 0.6 is 0 Å². The van der Waals surface area contributed by atoms with Gasteiger partial charge < -0.3 is 10.2 Å². The second-order valence-corrected chi connectivity index (χ2v) is 7.71. The molecule has 140 valence electrons. The van der Waals surface area contributed by atoms with Crippen LogP contribution in [0.4, 0.5) is 5.82 Å². The van der Waals surface area contributed by atoms with Gasteiger partial charge in [-0.3, -0.25) is 9.36 Å². The zero-order valence-electron chi connectivity index (χ0n) is 17.1. The highest BCUT2D eigenvalue weighted by Gasteiger charge is 2.19. The molecule has 0 radical (unpaired) electrons. The highest BCUT2D eigenvalue weighted by atomic mass is 15.4. The molecule has 1 unspecified atom stereocenters. The van der Waals surface area contributed by atoms with Crippen LogP contribution in [-0.2, 0) is 20.1 Å². The monoisotopic (exact) mass is 346 g/mol. The standard InChI is InChI=1S/C19H34N6/c1-13(2)18-17(19(23(6)7)24(8)22-18)11-20-10-14(3)12-25-16(5)9-15(4)21-25/h9,13-14,20H,10-12H2,1-8H3. The molecule has 25 heavy (non-hydrogen) atoms. The molecule has 1 atom stereocenters. The average Bonchev–Trinajstić information content (AvgIpc) is 2.98. The van der Waals surface area contributed by atoms with Crippen molar-refractivity contribution in [3.63, 3.8) is 0 Å². The van der Waals surface area contributed by atoms with Gasteiger partial charge in [0.25, 0.3) is 0 Å². The Morgan fingerprint density at radius 3 is 2.36 bits per heavy atom. The van der Waals surface area contributed by atoms with Crippen molar-refractivity contribution in [3.05, 3.63) is 28.7 Å². The lowest BCUT2D eigenvalue weighted by Crippen LogP contribution is -2.26. The van der Waals surface area contributed by atoms with Crippen LogP contribution in [0.3, 0.4) is 0 Å². The normalized spacial score (nSPS) is 12.8. The molecule has 0 spiro atoms. The summed E-state index contributed by atoms with van der Waals surface area (Å²) in [6.45, 7) is 13.6. The molecule has 0 aliphatic heterocycles. The summed E-state index contributed by atoms with van der Waals surface area (Å²) in [5.74, 6) is 2.12. The third-order valence-corrected chi connectivity index (χ3v) is 4.50. The van der Waals surface area contributed by atoms with E-state index in [1.165, 1.54) is 22.8 Å². The fourth-order valence-corrected chi connectivity index (χ4v) is 3.44. The Kier molecular flexibility index (Phi) is 6.27. The van der Waals surface area contributed by atoms with Crippen molar-refractivity contribution < 1.29 is 0 Å². The van der Waals surface area contributed by atoms with Gasteiger partial charge in [-0.2, -0.15) is 10.2 Å². The molecular formula is C19H34N6. The fourth-order valence-electron chi connectivity index (χ4n) is 3.44. The van der Waals surface area contributed by atoms with E-state index in [0.717, 1.165) is 25.3 Å². The molecule has 2 aromatic heterocycles. The van der Waals surface area contributed by atoms with Crippen molar-refractivity contribution in [2.24, 2.45) is 13.0 Å². The van der Waals surface area contributed by atoms with Crippen LogP contribution in [0.25, 0.3) is 0 Å². The molecule has 0 fully saturated rings. The molecule has 0 saturated heterocycles. The van der Waals surface area contributed by atoms with E-state index in [2.05, 4.69) is 67.9 Å². The number of nitrogens with one attached hydrogen (secondary N) is 1. The van der Waals surface area contributed by atoms with Gasteiger partial charge >= 0.3 is 0 Å². The molecule has 6 nitrogen and oxygen atoms in total. The topological polar surface area (TPSA) is 50.9 Å². The molecule has 0 aliphatic carbocycles. The highest BCUT2D eigenvalue weighted by molar-refractivity contribution is 5.50. The Morgan fingerprint density at radius 1 is 1.16 bits per heavy atom. The quantitative estimate of drug-likeness (QED) is 0.798. The summed E-state index contributed by atoms with van der Waals surface area (Å²) in [7, 11) is 6.18. The van der Waals surface area contributed by atoms with Gasteiger partial charge in [-0.05, 0) is 38.3 Å². The maximum Gasteiger partial charge on any atom is 0.130 e. The maximum atomic E-state index is 4.73. The van der Waals surface area contributed by atoms with Crippen LogP contribution in [0.15, 0.2) is 6.07 Å². The smallest absolute Gasteiger partial charge is 0.130 e. The minimum Gasteiger partial charge on any atom is -0.363 e. The molecule has 2 heterocycles. The zero-order valence-corrected chi connectivity index (χ0v) is 17.1. The molecule has 0 aromatic carbocycles. The second-order valence-electron chi connectivity index (χ2n) is 7.71. The van der Waals surface area contributed by atoms with E-state index >= 15 is 0 Å². The van der Waals surface area contributed by atoms with Gasteiger partial charge in [0.2, 0.25) is 0 Å². The molecule has 6 heteroatoms. The lowest BCUT2D eigenvalue weighted by atomic mass is 10.0. The molecule has 0 saturated carbocycles. The second kappa shape index (κ2) is 8.04. The summed E-state index contributed by atoms with van der Waals surface area (Å²) >= 11 is 0. The number of nitrogens with zero attached hydrogens (tertiary/aromatic N) is 5. The first-order valence-corrected chi connectivity index (χ1v) is 9.15. The molecule has 2 aromatic rings. The number of aryl methyl sites for hydroxylation is 3. The van der Waals surface area contributed by atoms with Gasteiger partial charge in [0.05, 0.1) is 11.4 Å². The third-order valence-electron chi connectivity index (χ3n) is 4.50. The molecule has 1 N–H and O–H groups in total. The highest BCUT2D eigenvalue weighted by Crippen LogP contribution is 2.27. The minimum absolute atomic E-state index is 0.420. The Hall–Kier alpha value is -1.82. The molecule has 0 amide bonds. The first-order chi connectivity index (χ1) is 11.7. The van der Waals surface area contributed by atoms with Gasteiger partial charge in [0.1, 0.15) is 5.82 Å². The van der Waals surface area contributed by atoms with Crippen LogP contribution in [0.5, 0.6) is 0 Å². The molecular weight excluding hydrogens is 312 g/mol. The van der Waals surface area contributed by atoms with Crippen LogP contribution in [0.1, 0.15) is 49.3 Å². The van der Waals surface area contributed by atoms with E-state index < -0.39 is 0 Å². The molecule has 0 bridgehead atoms. The fraction of sp³-hybridized carbons (Fsp3) is 0.684. The predicted molar refractivity (Wildman–Crippen MR) is 104 cm³/mol. The van der Waals surface area contributed by atoms with Gasteiger partial charge in [0.15, 0.2) is 0 Å². The van der Waals surface area contributed by atoms with Crippen molar-refractivity contribution >= 4 is 5.82 Å². The van der Waals surface area contributed by atoms with Crippen molar-refractivity contribution in [2.75, 3.05) is 25.5 Å². The third kappa shape index (κ3) is 4.63. The van der Waals surface area contributed by atoms with E-state index in [4.69, 9.17) is 5.10 Å². The Labute approximate surface area is 152 Å². The van der Waals surface area contributed by atoms with E-state index in [1.54, 1.807) is 0 Å². The molecule has 2 rings (SSSR count). The zero-order chi connectivity index (χ0) is 18.7. The summed E-state index contributed by atoms with van der Waals surface area (Å²) in [5, 5.41) is 12.9. The number of hydrogen-bond acceptors (Lipinski definition) is 4. The first-order valence-electron chi connectivity index (χ1n) is 9.15. The lowest BCUT2D eigenvalue weighted by Gasteiger charge is -2.18. The largest absolute Gasteiger partial charge is 0.363 e. The van der Waals surface area contributed by atoms with Gasteiger partial charge in [-0.25, -0.2) is 0 Å². The Balaban J connectivity index is 2.00. The van der Waals surface area contributed by atoms with Crippen LogP contribution in [0.2, 0.25) is 0 Å². The Bertz CT molecular complexity index is 695. The van der Waals surface area contributed by atoms with E-state index in [1.807, 2.05) is 18.7 Å². The SMILES string of the molecule is Cc1cc(C)n(CC(C)CNCc2c(C(C)C)nn(C)c2N(C)C)n1. The maximum absolute atomic E-state index is 4.73. The van der Waals surface area contributed by atoms with Crippen molar-refractivity contribution in [1.82, 2.24) is 24.9 Å². The summed E-state index contributed by atoms with van der Waals surface area (Å²) in [6, 6.07) is 2.13. The van der Waals surface area contributed by atoms with Crippen LogP contribution in [-0.4, -0.2) is 40.2 Å². The summed E-state index contributed by atoms with van der Waals surface area (Å²) in [4.78, 5) is 2.15. The van der Waals surface area contributed by atoms with Gasteiger partial charge in [-0.1, -0.05) is 20.8 Å². The van der Waals surface area contributed by atoms with Crippen molar-refractivity contribution in [1.29, 1.82) is 0 Å². The number of rotatable bonds is 8. The average molecular weight is 347 g/mol. The van der Waals surface area contributed by atoms with Crippen molar-refractivity contribution in [3.8, 4) is 0 Å². The number of aromatic nitrogens is 4. The van der Waals surface area contributed by atoms with E-state index in [0.29, 0.717) is 11.8 Å². The summed E-state index contributed by atoms with van der Waals surface area (Å²) < 4.78 is 4.10. The van der Waals surface area contributed by atoms with Gasteiger partial charge in [-0.15, -0.1) is 0 Å².